The van der Waals surface area contributed by atoms with Crippen molar-refractivity contribution in [1.82, 2.24) is 35.0 Å². The van der Waals surface area contributed by atoms with E-state index in [-0.39, 0.29) is 5.91 Å². The number of carbonyl (C=O) groups is 1. The van der Waals surface area contributed by atoms with Crippen molar-refractivity contribution in [3.63, 3.8) is 0 Å². The maximum atomic E-state index is 13.5. The molecule has 8 heteroatoms. The van der Waals surface area contributed by atoms with Crippen LogP contribution >= 0.6 is 0 Å². The van der Waals surface area contributed by atoms with Crippen LogP contribution in [0.15, 0.2) is 36.4 Å². The smallest absolute Gasteiger partial charge is 0.272 e. The van der Waals surface area contributed by atoms with E-state index in [1.54, 1.807) is 0 Å². The molecule has 1 aromatic carbocycles. The number of amides is 1. The third-order valence-electron chi connectivity index (χ3n) is 7.01. The summed E-state index contributed by atoms with van der Waals surface area (Å²) in [5.74, 6) is 0.852. The van der Waals surface area contributed by atoms with Crippen LogP contribution in [0.25, 0.3) is 10.9 Å². The molecule has 0 bridgehead atoms. The minimum Gasteiger partial charge on any atom is -0.335 e. The van der Waals surface area contributed by atoms with Crippen LogP contribution < -0.4 is 0 Å². The fraction of sp³-hybridized carbons (Fsp3) is 0.522. The molecule has 31 heavy (non-hydrogen) atoms. The normalized spacial score (nSPS) is 22.5. The molecule has 162 valence electrons. The lowest BCUT2D eigenvalue weighted by molar-refractivity contribution is 0.0246. The third kappa shape index (κ3) is 3.48. The number of para-hydroxylation sites is 1. The second kappa shape index (κ2) is 8.00. The average molecular weight is 420 g/mol. The number of carbonyl (C=O) groups excluding carboxylic acids is 1. The Labute approximate surface area is 182 Å². The molecule has 5 rings (SSSR count). The van der Waals surface area contributed by atoms with Gasteiger partial charge in [-0.15, -0.1) is 5.10 Å². The number of fused-ring (bicyclic) bond motifs is 1. The van der Waals surface area contributed by atoms with Crippen molar-refractivity contribution in [1.29, 1.82) is 0 Å². The fourth-order valence-corrected chi connectivity index (χ4v) is 5.20. The number of piperidine rings is 1. The second-order valence-corrected chi connectivity index (χ2v) is 9.03. The Balaban J connectivity index is 1.47. The monoisotopic (exact) mass is 419 g/mol. The Morgan fingerprint density at radius 2 is 1.90 bits per heavy atom. The summed E-state index contributed by atoms with van der Waals surface area (Å²) in [6, 6.07) is 12.0. The molecule has 0 N–H and O–H groups in total. The number of likely N-dealkylation sites (N-methyl/N-ethyl adjacent to an activating group) is 1. The molecule has 1 aliphatic carbocycles. The van der Waals surface area contributed by atoms with Crippen LogP contribution in [0.2, 0.25) is 0 Å². The summed E-state index contributed by atoms with van der Waals surface area (Å²) in [7, 11) is 4.13. The minimum atomic E-state index is -0.406. The second-order valence-electron chi connectivity index (χ2n) is 9.03. The lowest BCUT2D eigenvalue weighted by Gasteiger charge is -2.46. The maximum absolute atomic E-state index is 13.5. The van der Waals surface area contributed by atoms with E-state index in [2.05, 4.69) is 39.5 Å². The Bertz CT molecular complexity index is 1090. The van der Waals surface area contributed by atoms with Crippen molar-refractivity contribution < 1.29 is 4.79 Å². The lowest BCUT2D eigenvalue weighted by atomic mass is 9.86. The van der Waals surface area contributed by atoms with Crippen molar-refractivity contribution in [2.24, 2.45) is 0 Å². The summed E-state index contributed by atoms with van der Waals surface area (Å²) >= 11 is 0. The quantitative estimate of drug-likeness (QED) is 0.647. The van der Waals surface area contributed by atoms with Gasteiger partial charge in [-0.05, 0) is 62.3 Å². The SMILES string of the molecule is CN(C)C1(c2nnnn2C2CCCC2)CCCN(C(=O)c2ccc3ccccc3n2)C1. The molecule has 1 unspecified atom stereocenters. The van der Waals surface area contributed by atoms with Gasteiger partial charge in [0.05, 0.1) is 11.6 Å². The zero-order chi connectivity index (χ0) is 21.4. The van der Waals surface area contributed by atoms with Gasteiger partial charge in [-0.2, -0.15) is 0 Å². The molecule has 1 atom stereocenters. The van der Waals surface area contributed by atoms with Gasteiger partial charge in [-0.25, -0.2) is 9.67 Å². The summed E-state index contributed by atoms with van der Waals surface area (Å²) in [6.45, 7) is 1.27. The number of aromatic nitrogens is 5. The molecule has 1 aliphatic heterocycles. The van der Waals surface area contributed by atoms with Crippen LogP contribution in [0.5, 0.6) is 0 Å². The number of tetrazole rings is 1. The Morgan fingerprint density at radius 3 is 2.71 bits per heavy atom. The molecule has 3 heterocycles. The van der Waals surface area contributed by atoms with Crippen molar-refractivity contribution in [2.45, 2.75) is 50.1 Å². The zero-order valence-electron chi connectivity index (χ0n) is 18.2. The molecule has 0 radical (unpaired) electrons. The number of nitrogens with zero attached hydrogens (tertiary/aromatic N) is 7. The summed E-state index contributed by atoms with van der Waals surface area (Å²) in [5, 5.41) is 14.0. The van der Waals surface area contributed by atoms with Gasteiger partial charge in [-0.1, -0.05) is 37.1 Å². The largest absolute Gasteiger partial charge is 0.335 e. The minimum absolute atomic E-state index is 0.0310. The van der Waals surface area contributed by atoms with Crippen molar-refractivity contribution in [3.8, 4) is 0 Å². The van der Waals surface area contributed by atoms with Gasteiger partial charge < -0.3 is 4.90 Å². The van der Waals surface area contributed by atoms with Gasteiger partial charge in [0.25, 0.3) is 5.91 Å². The first-order valence-electron chi connectivity index (χ1n) is 11.2. The topological polar surface area (TPSA) is 80.0 Å². The highest BCUT2D eigenvalue weighted by atomic mass is 16.2. The molecule has 8 nitrogen and oxygen atoms in total. The predicted molar refractivity (Wildman–Crippen MR) is 118 cm³/mol. The van der Waals surface area contributed by atoms with Crippen LogP contribution in [0.4, 0.5) is 0 Å². The predicted octanol–water partition coefficient (Wildman–Crippen LogP) is 3.03. The highest BCUT2D eigenvalue weighted by Gasteiger charge is 2.46. The molecule has 1 saturated carbocycles. The molecular formula is C23H29N7O. The lowest BCUT2D eigenvalue weighted by Crippen LogP contribution is -2.56. The van der Waals surface area contributed by atoms with Crippen LogP contribution in [-0.4, -0.2) is 68.1 Å². The summed E-state index contributed by atoms with van der Waals surface area (Å²) < 4.78 is 2.04. The van der Waals surface area contributed by atoms with E-state index in [9.17, 15) is 4.79 Å². The molecular weight excluding hydrogens is 390 g/mol. The van der Waals surface area contributed by atoms with Gasteiger partial charge in [0.15, 0.2) is 5.82 Å². The van der Waals surface area contributed by atoms with E-state index < -0.39 is 5.54 Å². The first-order valence-corrected chi connectivity index (χ1v) is 11.2. The third-order valence-corrected chi connectivity index (χ3v) is 7.01. The van der Waals surface area contributed by atoms with Crippen molar-refractivity contribution in [3.05, 3.63) is 47.9 Å². The Morgan fingerprint density at radius 1 is 1.10 bits per heavy atom. The summed E-state index contributed by atoms with van der Waals surface area (Å²) in [5.41, 5.74) is 0.926. The van der Waals surface area contributed by atoms with E-state index in [0.29, 0.717) is 24.8 Å². The molecule has 1 amide bonds. The summed E-state index contributed by atoms with van der Waals surface area (Å²) in [6.07, 6.45) is 6.49. The summed E-state index contributed by atoms with van der Waals surface area (Å²) in [4.78, 5) is 22.2. The van der Waals surface area contributed by atoms with Gasteiger partial charge in [0.2, 0.25) is 0 Å². The van der Waals surface area contributed by atoms with Gasteiger partial charge in [-0.3, -0.25) is 9.69 Å². The standard InChI is InChI=1S/C23H29N7O/c1-28(2)23(22-25-26-27-30(22)18-9-4-5-10-18)14-7-15-29(16-23)21(31)20-13-12-17-8-3-6-11-19(17)24-20/h3,6,8,11-13,18H,4-5,7,9-10,14-16H2,1-2H3. The molecule has 2 fully saturated rings. The molecule has 0 spiro atoms. The Kier molecular flexibility index (Phi) is 5.17. The number of hydrogen-bond acceptors (Lipinski definition) is 6. The van der Waals surface area contributed by atoms with E-state index in [0.717, 1.165) is 42.4 Å². The van der Waals surface area contributed by atoms with E-state index in [4.69, 9.17) is 0 Å². The zero-order valence-corrected chi connectivity index (χ0v) is 18.2. The first-order chi connectivity index (χ1) is 15.1. The molecule has 2 aromatic heterocycles. The van der Waals surface area contributed by atoms with Gasteiger partial charge >= 0.3 is 0 Å². The molecule has 1 saturated heterocycles. The van der Waals surface area contributed by atoms with E-state index in [1.807, 2.05) is 46.0 Å². The fourth-order valence-electron chi connectivity index (χ4n) is 5.20. The highest BCUT2D eigenvalue weighted by molar-refractivity contribution is 5.95. The first kappa shape index (κ1) is 20.1. The number of rotatable bonds is 4. The van der Waals surface area contributed by atoms with E-state index in [1.165, 1.54) is 12.8 Å². The van der Waals surface area contributed by atoms with Crippen molar-refractivity contribution >= 4 is 16.8 Å². The van der Waals surface area contributed by atoms with Crippen LogP contribution in [0, 0.1) is 0 Å². The molecule has 2 aliphatic rings. The Hall–Kier alpha value is -2.87. The number of benzene rings is 1. The van der Waals surface area contributed by atoms with Crippen LogP contribution in [-0.2, 0) is 5.54 Å². The van der Waals surface area contributed by atoms with Crippen LogP contribution in [0.1, 0.15) is 60.9 Å². The molecule has 3 aromatic rings. The highest BCUT2D eigenvalue weighted by Crippen LogP contribution is 2.38. The van der Waals surface area contributed by atoms with Gasteiger partial charge in [0.1, 0.15) is 11.2 Å². The van der Waals surface area contributed by atoms with E-state index >= 15 is 0 Å². The number of likely N-dealkylation sites (tertiary alicyclic amines) is 1. The van der Waals surface area contributed by atoms with Crippen LogP contribution in [0.3, 0.4) is 0 Å². The number of hydrogen-bond donors (Lipinski definition) is 0. The van der Waals surface area contributed by atoms with Gasteiger partial charge in [0, 0.05) is 18.5 Å². The average Bonchev–Trinajstić information content (AvgIpc) is 3.50. The maximum Gasteiger partial charge on any atom is 0.272 e. The van der Waals surface area contributed by atoms with Crippen molar-refractivity contribution in [2.75, 3.05) is 27.2 Å². The number of pyridine rings is 1.